The molecule has 0 saturated carbocycles. The van der Waals surface area contributed by atoms with E-state index in [1.54, 1.807) is 0 Å². The van der Waals surface area contributed by atoms with Crippen molar-refractivity contribution in [2.24, 2.45) is 5.92 Å². The molecule has 0 saturated heterocycles. The monoisotopic (exact) mass is 155 g/mol. The fraction of sp³-hybridized carbons (Fsp3) is 0.800. The van der Waals surface area contributed by atoms with E-state index in [0.717, 1.165) is 6.42 Å². The number of nitrogens with one attached hydrogen (secondary N) is 1. The summed E-state index contributed by atoms with van der Waals surface area (Å²) in [7, 11) is 2.01. The third kappa shape index (κ3) is 2.06. The number of rotatable bonds is 5. The maximum absolute atomic E-state index is 3.88. The predicted octanol–water partition coefficient (Wildman–Crippen LogP) is 2.59. The maximum Gasteiger partial charge on any atom is 0.0382 e. The first-order chi connectivity index (χ1) is 5.16. The molecule has 2 atom stereocenters. The molecule has 0 aromatic carbocycles. The summed E-state index contributed by atoms with van der Waals surface area (Å²) in [5, 5.41) is 3.35. The Morgan fingerprint density at radius 1 is 1.55 bits per heavy atom. The summed E-state index contributed by atoms with van der Waals surface area (Å²) in [6.07, 6.45) is 4.35. The van der Waals surface area contributed by atoms with Gasteiger partial charge in [-0.2, -0.15) is 0 Å². The van der Waals surface area contributed by atoms with Gasteiger partial charge in [-0.3, -0.25) is 0 Å². The predicted molar refractivity (Wildman–Crippen MR) is 51.7 cm³/mol. The molecule has 66 valence electrons. The second-order valence-corrected chi connectivity index (χ2v) is 3.16. The van der Waals surface area contributed by atoms with Crippen molar-refractivity contribution in [3.8, 4) is 0 Å². The highest BCUT2D eigenvalue weighted by Crippen LogP contribution is 2.24. The summed E-state index contributed by atoms with van der Waals surface area (Å²) in [6, 6.07) is 0. The first-order valence-corrected chi connectivity index (χ1v) is 4.49. The van der Waals surface area contributed by atoms with Crippen LogP contribution in [0.15, 0.2) is 12.7 Å². The quantitative estimate of drug-likeness (QED) is 0.602. The molecule has 0 rings (SSSR count). The van der Waals surface area contributed by atoms with Crippen molar-refractivity contribution in [1.29, 1.82) is 0 Å². The fourth-order valence-electron chi connectivity index (χ4n) is 1.58. The van der Waals surface area contributed by atoms with Crippen molar-refractivity contribution in [3.63, 3.8) is 0 Å². The summed E-state index contributed by atoms with van der Waals surface area (Å²) in [5.41, 5.74) is 0.148. The molecule has 1 N–H and O–H groups in total. The zero-order valence-electron chi connectivity index (χ0n) is 8.28. The van der Waals surface area contributed by atoms with Crippen molar-refractivity contribution >= 4 is 0 Å². The van der Waals surface area contributed by atoms with Crippen molar-refractivity contribution in [1.82, 2.24) is 5.32 Å². The molecular formula is C10H21N. The Kier molecular flexibility index (Phi) is 4.43. The Morgan fingerprint density at radius 2 is 2.09 bits per heavy atom. The number of hydrogen-bond acceptors (Lipinski definition) is 1. The zero-order chi connectivity index (χ0) is 8.91. The minimum absolute atomic E-state index is 0.148. The molecule has 0 spiro atoms. The second kappa shape index (κ2) is 4.55. The maximum atomic E-state index is 3.88. The van der Waals surface area contributed by atoms with Crippen molar-refractivity contribution in [2.45, 2.75) is 39.2 Å². The highest BCUT2D eigenvalue weighted by Gasteiger charge is 2.27. The van der Waals surface area contributed by atoms with Gasteiger partial charge in [0, 0.05) is 5.54 Å². The van der Waals surface area contributed by atoms with Crippen molar-refractivity contribution < 1.29 is 0 Å². The topological polar surface area (TPSA) is 12.0 Å². The molecule has 1 nitrogen and oxygen atoms in total. The van der Waals surface area contributed by atoms with E-state index in [2.05, 4.69) is 32.7 Å². The molecule has 1 unspecified atom stereocenters. The Hall–Kier alpha value is -0.300. The van der Waals surface area contributed by atoms with Crippen molar-refractivity contribution in [3.05, 3.63) is 12.7 Å². The number of hydrogen-bond donors (Lipinski definition) is 1. The van der Waals surface area contributed by atoms with Crippen LogP contribution in [0.3, 0.4) is 0 Å². The highest BCUT2D eigenvalue weighted by molar-refractivity contribution is 5.04. The van der Waals surface area contributed by atoms with Crippen LogP contribution in [-0.4, -0.2) is 12.6 Å². The summed E-state index contributed by atoms with van der Waals surface area (Å²) in [5.74, 6) is 0.662. The van der Waals surface area contributed by atoms with Gasteiger partial charge in [-0.05, 0) is 19.4 Å². The van der Waals surface area contributed by atoms with Gasteiger partial charge in [0.1, 0.15) is 0 Å². The van der Waals surface area contributed by atoms with E-state index in [4.69, 9.17) is 0 Å². The average Bonchev–Trinajstić information content (AvgIpc) is 2.08. The Labute approximate surface area is 70.9 Å². The third-order valence-corrected chi connectivity index (χ3v) is 2.91. The standard InChI is InChI=1S/C10H21N/c1-6-9(4)10(7-2,8-3)11-5/h7,9,11H,2,6,8H2,1,3-5H3/t9-,10?/m0/s1. The van der Waals surface area contributed by atoms with Crippen LogP contribution in [0, 0.1) is 5.92 Å². The van der Waals surface area contributed by atoms with Gasteiger partial charge in [-0.1, -0.05) is 33.3 Å². The van der Waals surface area contributed by atoms with Crippen LogP contribution < -0.4 is 5.32 Å². The minimum Gasteiger partial charge on any atom is -0.311 e. The average molecular weight is 155 g/mol. The lowest BCUT2D eigenvalue weighted by atomic mass is 9.81. The summed E-state index contributed by atoms with van der Waals surface area (Å²) < 4.78 is 0. The molecule has 0 heterocycles. The van der Waals surface area contributed by atoms with E-state index < -0.39 is 0 Å². The van der Waals surface area contributed by atoms with Gasteiger partial charge >= 0.3 is 0 Å². The molecule has 0 radical (unpaired) electrons. The van der Waals surface area contributed by atoms with Crippen molar-refractivity contribution in [2.75, 3.05) is 7.05 Å². The van der Waals surface area contributed by atoms with E-state index in [1.165, 1.54) is 6.42 Å². The van der Waals surface area contributed by atoms with Crippen LogP contribution in [-0.2, 0) is 0 Å². The molecule has 0 bridgehead atoms. The molecule has 0 aliphatic rings. The lowest BCUT2D eigenvalue weighted by Gasteiger charge is -2.35. The molecule has 0 aliphatic carbocycles. The first kappa shape index (κ1) is 10.7. The van der Waals surface area contributed by atoms with E-state index in [9.17, 15) is 0 Å². The van der Waals surface area contributed by atoms with Crippen LogP contribution in [0.4, 0.5) is 0 Å². The van der Waals surface area contributed by atoms with Gasteiger partial charge in [0.25, 0.3) is 0 Å². The summed E-state index contributed by atoms with van der Waals surface area (Å²) >= 11 is 0. The molecule has 0 aliphatic heterocycles. The molecule has 1 heteroatoms. The first-order valence-electron chi connectivity index (χ1n) is 4.49. The van der Waals surface area contributed by atoms with E-state index in [1.807, 2.05) is 13.1 Å². The van der Waals surface area contributed by atoms with E-state index in [0.29, 0.717) is 5.92 Å². The Balaban J connectivity index is 4.38. The zero-order valence-corrected chi connectivity index (χ0v) is 8.28. The molecule has 0 aromatic rings. The van der Waals surface area contributed by atoms with Gasteiger partial charge in [0.15, 0.2) is 0 Å². The van der Waals surface area contributed by atoms with Gasteiger partial charge in [0.05, 0.1) is 0 Å². The van der Waals surface area contributed by atoms with Crippen LogP contribution in [0.1, 0.15) is 33.6 Å². The molecule has 0 amide bonds. The SMILES string of the molecule is C=CC(CC)(NC)[C@@H](C)CC. The summed E-state index contributed by atoms with van der Waals surface area (Å²) in [6.45, 7) is 10.6. The van der Waals surface area contributed by atoms with Gasteiger partial charge in [0.2, 0.25) is 0 Å². The molecule has 0 fully saturated rings. The normalized spacial score (nSPS) is 18.9. The number of likely N-dealkylation sites (N-methyl/N-ethyl adjacent to an activating group) is 1. The molecule has 11 heavy (non-hydrogen) atoms. The fourth-order valence-corrected chi connectivity index (χ4v) is 1.58. The Morgan fingerprint density at radius 3 is 2.18 bits per heavy atom. The molecule has 0 aromatic heterocycles. The van der Waals surface area contributed by atoms with Gasteiger partial charge in [-0.25, -0.2) is 0 Å². The van der Waals surface area contributed by atoms with E-state index in [-0.39, 0.29) is 5.54 Å². The van der Waals surface area contributed by atoms with Crippen LogP contribution in [0.5, 0.6) is 0 Å². The smallest absolute Gasteiger partial charge is 0.0382 e. The largest absolute Gasteiger partial charge is 0.311 e. The lowest BCUT2D eigenvalue weighted by molar-refractivity contribution is 0.285. The summed E-state index contributed by atoms with van der Waals surface area (Å²) in [4.78, 5) is 0. The van der Waals surface area contributed by atoms with Gasteiger partial charge < -0.3 is 5.32 Å². The van der Waals surface area contributed by atoms with E-state index >= 15 is 0 Å². The van der Waals surface area contributed by atoms with Gasteiger partial charge in [-0.15, -0.1) is 6.58 Å². The Bertz CT molecular complexity index is 114. The lowest BCUT2D eigenvalue weighted by Crippen LogP contribution is -2.45. The van der Waals surface area contributed by atoms with Crippen LogP contribution in [0.25, 0.3) is 0 Å². The molecular weight excluding hydrogens is 134 g/mol. The second-order valence-electron chi connectivity index (χ2n) is 3.16. The van der Waals surface area contributed by atoms with Crippen LogP contribution in [0.2, 0.25) is 0 Å². The highest BCUT2D eigenvalue weighted by atomic mass is 14.9. The minimum atomic E-state index is 0.148. The van der Waals surface area contributed by atoms with Crippen LogP contribution >= 0.6 is 0 Å². The third-order valence-electron chi connectivity index (χ3n) is 2.91.